The highest BCUT2D eigenvalue weighted by atomic mass is 35.5. The van der Waals surface area contributed by atoms with Gasteiger partial charge in [-0.15, -0.1) is 0 Å². The molecule has 1 amide bonds. The smallest absolute Gasteiger partial charge is 0.295 e. The molecule has 1 fully saturated rings. The lowest BCUT2D eigenvalue weighted by atomic mass is 9.95. The lowest BCUT2D eigenvalue weighted by Crippen LogP contribution is -2.30. The summed E-state index contributed by atoms with van der Waals surface area (Å²) < 4.78 is 10.5. The van der Waals surface area contributed by atoms with Gasteiger partial charge in [0.05, 0.1) is 25.8 Å². The number of aliphatic hydroxyl groups excluding tert-OH is 1. The fraction of sp³-hybridized carbons (Fsp3) is 0.273. The standard InChI is InChI=1S/C22H22ClNO5/c1-4-11-24-19(13-5-8-15(23)9-6-13)18(21(26)22(24)27)20(25)14-7-10-16(28-2)17(12-14)29-3/h5-10,12,19,25H,4,11H2,1-3H3/b20-18-. The zero-order valence-electron chi connectivity index (χ0n) is 16.4. The second-order valence-corrected chi connectivity index (χ2v) is 7.05. The van der Waals surface area contributed by atoms with E-state index in [1.807, 2.05) is 6.92 Å². The Morgan fingerprint density at radius 1 is 1.07 bits per heavy atom. The van der Waals surface area contributed by atoms with Gasteiger partial charge in [-0.25, -0.2) is 0 Å². The third kappa shape index (κ3) is 3.80. The van der Waals surface area contributed by atoms with Gasteiger partial charge in [-0.3, -0.25) is 9.59 Å². The number of carbonyl (C=O) groups is 2. The first-order chi connectivity index (χ1) is 13.9. The molecule has 1 aliphatic heterocycles. The molecule has 6 nitrogen and oxygen atoms in total. The van der Waals surface area contributed by atoms with E-state index in [2.05, 4.69) is 0 Å². The molecule has 0 aliphatic carbocycles. The van der Waals surface area contributed by atoms with Crippen LogP contribution in [0, 0.1) is 0 Å². The first-order valence-corrected chi connectivity index (χ1v) is 9.57. The van der Waals surface area contributed by atoms with E-state index in [9.17, 15) is 14.7 Å². The summed E-state index contributed by atoms with van der Waals surface area (Å²) in [7, 11) is 2.99. The van der Waals surface area contributed by atoms with E-state index in [4.69, 9.17) is 21.1 Å². The highest BCUT2D eigenvalue weighted by molar-refractivity contribution is 6.46. The molecule has 1 unspecified atom stereocenters. The Kier molecular flexibility index (Phi) is 6.13. The number of nitrogens with zero attached hydrogens (tertiary/aromatic N) is 1. The van der Waals surface area contributed by atoms with Crippen LogP contribution in [0.15, 0.2) is 48.0 Å². The Balaban J connectivity index is 2.18. The normalized spacial score (nSPS) is 18.2. The Labute approximate surface area is 174 Å². The predicted octanol–water partition coefficient (Wildman–Crippen LogP) is 4.19. The molecule has 2 aromatic carbocycles. The molecule has 2 aromatic rings. The van der Waals surface area contributed by atoms with Crippen LogP contribution in [0.3, 0.4) is 0 Å². The zero-order chi connectivity index (χ0) is 21.1. The minimum absolute atomic E-state index is 0.0398. The predicted molar refractivity (Wildman–Crippen MR) is 110 cm³/mol. The molecule has 29 heavy (non-hydrogen) atoms. The Morgan fingerprint density at radius 3 is 2.31 bits per heavy atom. The van der Waals surface area contributed by atoms with Gasteiger partial charge in [0.15, 0.2) is 11.5 Å². The van der Waals surface area contributed by atoms with Crippen LogP contribution in [0.1, 0.15) is 30.5 Å². The van der Waals surface area contributed by atoms with Crippen LogP contribution in [-0.4, -0.2) is 42.5 Å². The number of benzene rings is 2. The van der Waals surface area contributed by atoms with Crippen molar-refractivity contribution in [2.45, 2.75) is 19.4 Å². The van der Waals surface area contributed by atoms with Crippen LogP contribution in [0.2, 0.25) is 5.02 Å². The number of carbonyl (C=O) groups excluding carboxylic acids is 2. The Bertz CT molecular complexity index is 968. The van der Waals surface area contributed by atoms with Crippen molar-refractivity contribution >= 4 is 29.1 Å². The summed E-state index contributed by atoms with van der Waals surface area (Å²) >= 11 is 6.00. The summed E-state index contributed by atoms with van der Waals surface area (Å²) in [4.78, 5) is 27.0. The first kappa shape index (κ1) is 20.7. The maximum Gasteiger partial charge on any atom is 0.295 e. The maximum absolute atomic E-state index is 12.8. The number of likely N-dealkylation sites (tertiary alicyclic amines) is 1. The summed E-state index contributed by atoms with van der Waals surface area (Å²) in [6, 6.07) is 11.0. The number of methoxy groups -OCH3 is 2. The number of hydrogen-bond acceptors (Lipinski definition) is 5. The fourth-order valence-electron chi connectivity index (χ4n) is 3.48. The van der Waals surface area contributed by atoms with Crippen LogP contribution in [0.5, 0.6) is 11.5 Å². The fourth-order valence-corrected chi connectivity index (χ4v) is 3.61. The lowest BCUT2D eigenvalue weighted by molar-refractivity contribution is -0.139. The summed E-state index contributed by atoms with van der Waals surface area (Å²) in [5.41, 5.74) is 1.10. The van der Waals surface area contributed by atoms with Crippen molar-refractivity contribution in [1.29, 1.82) is 0 Å². The van der Waals surface area contributed by atoms with Crippen molar-refractivity contribution < 1.29 is 24.2 Å². The van der Waals surface area contributed by atoms with Gasteiger partial charge < -0.3 is 19.5 Å². The summed E-state index contributed by atoms with van der Waals surface area (Å²) in [6.45, 7) is 2.31. The van der Waals surface area contributed by atoms with E-state index in [1.54, 1.807) is 42.5 Å². The average Bonchev–Trinajstić information content (AvgIpc) is 2.98. The monoisotopic (exact) mass is 415 g/mol. The van der Waals surface area contributed by atoms with E-state index in [0.29, 0.717) is 40.6 Å². The molecule has 0 aromatic heterocycles. The van der Waals surface area contributed by atoms with Crippen LogP contribution in [-0.2, 0) is 9.59 Å². The molecule has 1 N–H and O–H groups in total. The molecule has 0 spiro atoms. The van der Waals surface area contributed by atoms with Gasteiger partial charge in [-0.2, -0.15) is 0 Å². The molecule has 1 atom stereocenters. The molecule has 3 rings (SSSR count). The van der Waals surface area contributed by atoms with E-state index in [-0.39, 0.29) is 11.3 Å². The number of Topliss-reactive ketones (excluding diaryl/α,β-unsaturated/α-hetero) is 1. The topological polar surface area (TPSA) is 76.1 Å². The molecule has 1 aliphatic rings. The maximum atomic E-state index is 12.8. The molecule has 1 heterocycles. The van der Waals surface area contributed by atoms with Gasteiger partial charge >= 0.3 is 0 Å². The summed E-state index contributed by atoms with van der Waals surface area (Å²) in [6.07, 6.45) is 0.674. The number of hydrogen-bond donors (Lipinski definition) is 1. The number of aliphatic hydroxyl groups is 1. The molecular formula is C22H22ClNO5. The molecule has 0 saturated carbocycles. The molecule has 0 bridgehead atoms. The minimum atomic E-state index is -0.717. The van der Waals surface area contributed by atoms with Crippen molar-refractivity contribution in [2.75, 3.05) is 20.8 Å². The van der Waals surface area contributed by atoms with Crippen molar-refractivity contribution in [3.8, 4) is 11.5 Å². The van der Waals surface area contributed by atoms with Gasteiger partial charge in [0, 0.05) is 17.1 Å². The Hall–Kier alpha value is -2.99. The van der Waals surface area contributed by atoms with Crippen LogP contribution in [0.4, 0.5) is 0 Å². The third-order valence-corrected chi connectivity index (χ3v) is 5.10. The van der Waals surface area contributed by atoms with Crippen molar-refractivity contribution in [2.24, 2.45) is 0 Å². The number of ether oxygens (including phenoxy) is 2. The second-order valence-electron chi connectivity index (χ2n) is 6.61. The Morgan fingerprint density at radius 2 is 1.72 bits per heavy atom. The van der Waals surface area contributed by atoms with Gasteiger partial charge in [0.25, 0.3) is 11.7 Å². The number of rotatable bonds is 6. The minimum Gasteiger partial charge on any atom is -0.507 e. The van der Waals surface area contributed by atoms with Gasteiger partial charge in [-0.05, 0) is 42.3 Å². The van der Waals surface area contributed by atoms with Gasteiger partial charge in [0.1, 0.15) is 5.76 Å². The number of ketones is 1. The molecule has 0 radical (unpaired) electrons. The summed E-state index contributed by atoms with van der Waals surface area (Å²) in [5, 5.41) is 11.6. The van der Waals surface area contributed by atoms with E-state index in [1.165, 1.54) is 19.1 Å². The first-order valence-electron chi connectivity index (χ1n) is 9.19. The second kappa shape index (κ2) is 8.57. The van der Waals surface area contributed by atoms with Crippen molar-refractivity contribution in [3.05, 3.63) is 64.2 Å². The van der Waals surface area contributed by atoms with Gasteiger partial charge in [-0.1, -0.05) is 30.7 Å². The third-order valence-electron chi connectivity index (χ3n) is 4.85. The summed E-state index contributed by atoms with van der Waals surface area (Å²) in [5.74, 6) is -0.713. The van der Waals surface area contributed by atoms with Crippen molar-refractivity contribution in [1.82, 2.24) is 4.90 Å². The zero-order valence-corrected chi connectivity index (χ0v) is 17.2. The number of amides is 1. The van der Waals surface area contributed by atoms with Crippen LogP contribution >= 0.6 is 11.6 Å². The highest BCUT2D eigenvalue weighted by Crippen LogP contribution is 2.40. The van der Waals surface area contributed by atoms with E-state index < -0.39 is 17.7 Å². The van der Waals surface area contributed by atoms with Crippen LogP contribution < -0.4 is 9.47 Å². The van der Waals surface area contributed by atoms with E-state index in [0.717, 1.165) is 0 Å². The average molecular weight is 416 g/mol. The molecule has 1 saturated heterocycles. The van der Waals surface area contributed by atoms with Crippen molar-refractivity contribution in [3.63, 3.8) is 0 Å². The molecule has 7 heteroatoms. The SMILES string of the molecule is CCCN1C(=O)C(=O)/C(=C(\O)c2ccc(OC)c(OC)c2)C1c1ccc(Cl)cc1. The highest BCUT2D eigenvalue weighted by Gasteiger charge is 2.45. The lowest BCUT2D eigenvalue weighted by Gasteiger charge is -2.25. The van der Waals surface area contributed by atoms with Gasteiger partial charge in [0.2, 0.25) is 0 Å². The largest absolute Gasteiger partial charge is 0.507 e. The van der Waals surface area contributed by atoms with E-state index >= 15 is 0 Å². The number of halogens is 1. The van der Waals surface area contributed by atoms with Crippen LogP contribution in [0.25, 0.3) is 5.76 Å². The quantitative estimate of drug-likeness (QED) is 0.435. The molecular weight excluding hydrogens is 394 g/mol. The molecule has 152 valence electrons.